The minimum Gasteiger partial charge on any atom is -0.497 e. The Kier molecular flexibility index (Phi) is 8.27. The van der Waals surface area contributed by atoms with Gasteiger partial charge in [-0.05, 0) is 30.5 Å². The largest absolute Gasteiger partial charge is 0.497 e. The molecule has 0 unspecified atom stereocenters. The minimum absolute atomic E-state index is 0.222. The molecule has 2 amide bonds. The maximum Gasteiger partial charge on any atom is 0.278 e. The number of methoxy groups -OCH3 is 2. The van der Waals surface area contributed by atoms with Crippen LogP contribution in [-0.4, -0.2) is 50.7 Å². The fourth-order valence-corrected chi connectivity index (χ4v) is 3.49. The molecule has 0 saturated carbocycles. The predicted molar refractivity (Wildman–Crippen MR) is 124 cm³/mol. The van der Waals surface area contributed by atoms with Crippen LogP contribution >= 0.6 is 0 Å². The summed E-state index contributed by atoms with van der Waals surface area (Å²) in [7, 11) is 3.11. The van der Waals surface area contributed by atoms with Crippen molar-refractivity contribution in [2.45, 2.75) is 26.2 Å². The Labute approximate surface area is 189 Å². The molecule has 1 heterocycles. The molecule has 2 aromatic carbocycles. The van der Waals surface area contributed by atoms with Gasteiger partial charge in [0.1, 0.15) is 17.2 Å². The molecule has 0 aromatic heterocycles. The molecule has 0 fully saturated rings. The van der Waals surface area contributed by atoms with E-state index >= 15 is 0 Å². The zero-order valence-electron chi connectivity index (χ0n) is 18.8. The lowest BCUT2D eigenvalue weighted by Gasteiger charge is -2.16. The first-order chi connectivity index (χ1) is 15.6. The summed E-state index contributed by atoms with van der Waals surface area (Å²) in [6.45, 7) is 3.59. The summed E-state index contributed by atoms with van der Waals surface area (Å²) < 4.78 is 16.3. The fraction of sp³-hybridized carbons (Fsp3) is 0.360. The fourth-order valence-electron chi connectivity index (χ4n) is 3.49. The molecule has 0 radical (unpaired) electrons. The Balaban J connectivity index is 1.87. The zero-order chi connectivity index (χ0) is 22.9. The van der Waals surface area contributed by atoms with Gasteiger partial charge >= 0.3 is 0 Å². The number of anilines is 1. The van der Waals surface area contributed by atoms with Crippen molar-refractivity contribution in [2.24, 2.45) is 0 Å². The second-order valence-corrected chi connectivity index (χ2v) is 7.39. The Morgan fingerprint density at radius 1 is 0.906 bits per heavy atom. The van der Waals surface area contributed by atoms with Gasteiger partial charge in [0, 0.05) is 25.8 Å². The van der Waals surface area contributed by atoms with Gasteiger partial charge in [-0.3, -0.25) is 14.5 Å². The van der Waals surface area contributed by atoms with Crippen LogP contribution in [0.1, 0.15) is 31.7 Å². The van der Waals surface area contributed by atoms with E-state index in [1.807, 2.05) is 30.3 Å². The molecule has 2 aromatic rings. The summed E-state index contributed by atoms with van der Waals surface area (Å²) in [6, 6.07) is 14.4. The highest BCUT2D eigenvalue weighted by Gasteiger charge is 2.39. The summed E-state index contributed by atoms with van der Waals surface area (Å²) in [5, 5.41) is 3.14. The van der Waals surface area contributed by atoms with E-state index in [0.29, 0.717) is 54.5 Å². The smallest absolute Gasteiger partial charge is 0.278 e. The first-order valence-electron chi connectivity index (χ1n) is 10.8. The zero-order valence-corrected chi connectivity index (χ0v) is 18.8. The third-order valence-corrected chi connectivity index (χ3v) is 5.21. The van der Waals surface area contributed by atoms with Crippen LogP contribution in [0.3, 0.4) is 0 Å². The molecular formula is C25H30N2O5. The van der Waals surface area contributed by atoms with E-state index < -0.39 is 0 Å². The molecule has 7 heteroatoms. The van der Waals surface area contributed by atoms with E-state index in [1.54, 1.807) is 32.4 Å². The maximum absolute atomic E-state index is 13.3. The van der Waals surface area contributed by atoms with Crippen molar-refractivity contribution < 1.29 is 23.8 Å². The number of benzene rings is 2. The molecular weight excluding hydrogens is 408 g/mol. The maximum atomic E-state index is 13.3. The first kappa shape index (κ1) is 23.3. The van der Waals surface area contributed by atoms with Gasteiger partial charge in [0.25, 0.3) is 11.8 Å². The lowest BCUT2D eigenvalue weighted by molar-refractivity contribution is -0.137. The van der Waals surface area contributed by atoms with Crippen LogP contribution in [0.5, 0.6) is 11.5 Å². The van der Waals surface area contributed by atoms with Gasteiger partial charge in [0.05, 0.1) is 25.5 Å². The van der Waals surface area contributed by atoms with Gasteiger partial charge in [-0.1, -0.05) is 43.7 Å². The second kappa shape index (κ2) is 11.3. The molecule has 32 heavy (non-hydrogen) atoms. The number of ether oxygens (including phenoxy) is 3. The van der Waals surface area contributed by atoms with E-state index in [2.05, 4.69) is 12.2 Å². The quantitative estimate of drug-likeness (QED) is 0.397. The van der Waals surface area contributed by atoms with Gasteiger partial charge in [0.15, 0.2) is 0 Å². The molecule has 1 aliphatic rings. The number of unbranched alkanes of at least 4 members (excludes halogenated alkanes) is 1. The van der Waals surface area contributed by atoms with Crippen LogP contribution in [0.15, 0.2) is 54.2 Å². The predicted octanol–water partition coefficient (Wildman–Crippen LogP) is 4.10. The molecule has 0 aliphatic carbocycles. The van der Waals surface area contributed by atoms with E-state index in [-0.39, 0.29) is 17.5 Å². The van der Waals surface area contributed by atoms with Crippen LogP contribution < -0.4 is 14.8 Å². The van der Waals surface area contributed by atoms with E-state index in [1.165, 1.54) is 4.90 Å². The highest BCUT2D eigenvalue weighted by Crippen LogP contribution is 2.35. The minimum atomic E-state index is -0.368. The Morgan fingerprint density at radius 2 is 1.66 bits per heavy atom. The highest BCUT2D eigenvalue weighted by atomic mass is 16.5. The van der Waals surface area contributed by atoms with Crippen molar-refractivity contribution in [2.75, 3.05) is 39.3 Å². The molecule has 0 atom stereocenters. The SMILES string of the molecule is CCCCOCCCN1C(=O)C(Nc2cc(OC)ccc2OC)=C(c2ccccc2)C1=O. The molecule has 170 valence electrons. The number of nitrogens with zero attached hydrogens (tertiary/aromatic N) is 1. The molecule has 1 aliphatic heterocycles. The number of imide groups is 1. The van der Waals surface area contributed by atoms with Gasteiger partial charge < -0.3 is 19.5 Å². The second-order valence-electron chi connectivity index (χ2n) is 7.39. The number of carbonyl (C=O) groups excluding carboxylic acids is 2. The van der Waals surface area contributed by atoms with Crippen molar-refractivity contribution >= 4 is 23.1 Å². The van der Waals surface area contributed by atoms with Crippen molar-refractivity contribution in [1.29, 1.82) is 0 Å². The highest BCUT2D eigenvalue weighted by molar-refractivity contribution is 6.36. The number of hydrogen-bond acceptors (Lipinski definition) is 6. The van der Waals surface area contributed by atoms with E-state index in [4.69, 9.17) is 14.2 Å². The Morgan fingerprint density at radius 3 is 2.34 bits per heavy atom. The van der Waals surface area contributed by atoms with Crippen molar-refractivity contribution in [3.8, 4) is 11.5 Å². The molecule has 7 nitrogen and oxygen atoms in total. The summed E-state index contributed by atoms with van der Waals surface area (Å²) in [4.78, 5) is 27.8. The summed E-state index contributed by atoms with van der Waals surface area (Å²) in [5.74, 6) is 0.452. The summed E-state index contributed by atoms with van der Waals surface area (Å²) in [5.41, 5.74) is 1.78. The number of nitrogens with one attached hydrogen (secondary N) is 1. The third kappa shape index (κ3) is 5.29. The van der Waals surface area contributed by atoms with Gasteiger partial charge in [-0.2, -0.15) is 0 Å². The molecule has 3 rings (SSSR count). The Bertz CT molecular complexity index is 972. The lowest BCUT2D eigenvalue weighted by atomic mass is 10.0. The molecule has 0 saturated heterocycles. The number of hydrogen-bond donors (Lipinski definition) is 1. The monoisotopic (exact) mass is 438 g/mol. The first-order valence-corrected chi connectivity index (χ1v) is 10.8. The van der Waals surface area contributed by atoms with Crippen LogP contribution in [0.4, 0.5) is 5.69 Å². The number of rotatable bonds is 12. The number of carbonyl (C=O) groups is 2. The summed E-state index contributed by atoms with van der Waals surface area (Å²) >= 11 is 0. The average molecular weight is 439 g/mol. The van der Waals surface area contributed by atoms with Crippen LogP contribution in [0.2, 0.25) is 0 Å². The van der Waals surface area contributed by atoms with Crippen molar-refractivity contribution in [3.05, 3.63) is 59.8 Å². The standard InChI is InChI=1S/C25H30N2O5/c1-4-5-15-32-16-9-14-27-24(28)22(18-10-7-6-8-11-18)23(25(27)29)26-20-17-19(30-2)12-13-21(20)31-3/h6-8,10-13,17,26H,4-5,9,14-16H2,1-3H3. The molecule has 0 spiro atoms. The van der Waals surface area contributed by atoms with Crippen molar-refractivity contribution in [1.82, 2.24) is 4.90 Å². The van der Waals surface area contributed by atoms with E-state index in [9.17, 15) is 9.59 Å². The normalized spacial score (nSPS) is 13.7. The Hall–Kier alpha value is -3.32. The van der Waals surface area contributed by atoms with Crippen LogP contribution in [0.25, 0.3) is 5.57 Å². The van der Waals surface area contributed by atoms with Gasteiger partial charge in [-0.15, -0.1) is 0 Å². The van der Waals surface area contributed by atoms with Gasteiger partial charge in [-0.25, -0.2) is 0 Å². The third-order valence-electron chi connectivity index (χ3n) is 5.21. The molecule has 0 bridgehead atoms. The summed E-state index contributed by atoms with van der Waals surface area (Å²) in [6.07, 6.45) is 2.65. The average Bonchev–Trinajstić information content (AvgIpc) is 3.05. The van der Waals surface area contributed by atoms with Crippen molar-refractivity contribution in [3.63, 3.8) is 0 Å². The van der Waals surface area contributed by atoms with Gasteiger partial charge in [0.2, 0.25) is 0 Å². The number of amides is 2. The van der Waals surface area contributed by atoms with Crippen LogP contribution in [0, 0.1) is 0 Å². The lowest BCUT2D eigenvalue weighted by Crippen LogP contribution is -2.34. The molecule has 1 N–H and O–H groups in total. The van der Waals surface area contributed by atoms with E-state index in [0.717, 1.165) is 12.8 Å². The topological polar surface area (TPSA) is 77.1 Å². The van der Waals surface area contributed by atoms with Crippen LogP contribution in [-0.2, 0) is 14.3 Å².